The Labute approximate surface area is 115 Å². The number of carbonyl (C=O) groups is 1. The van der Waals surface area contributed by atoms with Crippen molar-refractivity contribution in [2.75, 3.05) is 6.54 Å². The van der Waals surface area contributed by atoms with Crippen LogP contribution < -0.4 is 5.32 Å². The minimum absolute atomic E-state index is 0.0783. The Morgan fingerprint density at radius 1 is 1.40 bits per heavy atom. The Balaban J connectivity index is 1.61. The van der Waals surface area contributed by atoms with Crippen molar-refractivity contribution >= 4 is 16.8 Å². The molecule has 1 amide bonds. The zero-order valence-electron chi connectivity index (χ0n) is 11.1. The summed E-state index contributed by atoms with van der Waals surface area (Å²) in [6.07, 6.45) is 6.26. The normalized spacial score (nSPS) is 10.8. The first kappa shape index (κ1) is 12.4. The Morgan fingerprint density at radius 3 is 3.10 bits per heavy atom. The number of benzene rings is 1. The molecule has 2 N–H and O–H groups in total. The predicted molar refractivity (Wildman–Crippen MR) is 75.3 cm³/mol. The average Bonchev–Trinajstić information content (AvgIpc) is 3.06. The topological polar surface area (TPSA) is 75.6 Å². The molecule has 0 saturated carbocycles. The van der Waals surface area contributed by atoms with Crippen molar-refractivity contribution in [3.05, 3.63) is 47.9 Å². The molecular weight excluding hydrogens is 254 g/mol. The lowest BCUT2D eigenvalue weighted by molar-refractivity contribution is 0.0954. The van der Waals surface area contributed by atoms with Gasteiger partial charge in [-0.3, -0.25) is 14.6 Å². The van der Waals surface area contributed by atoms with Gasteiger partial charge in [-0.2, -0.15) is 10.2 Å². The summed E-state index contributed by atoms with van der Waals surface area (Å²) in [6.45, 7) is 0.589. The van der Waals surface area contributed by atoms with Crippen LogP contribution in [0.2, 0.25) is 0 Å². The number of aromatic amines is 1. The number of carbonyl (C=O) groups excluding carboxylic acids is 1. The quantitative estimate of drug-likeness (QED) is 0.749. The number of hydrogen-bond acceptors (Lipinski definition) is 3. The standard InChI is InChI=1S/C14H15N5O/c1-19-9-10(7-17-19)4-5-15-14(20)11-2-3-12-8-16-18-13(12)6-11/h2-3,6-9H,4-5H2,1H3,(H,15,20)(H,16,18). The van der Waals surface area contributed by atoms with Crippen LogP contribution in [0.3, 0.4) is 0 Å². The molecule has 20 heavy (non-hydrogen) atoms. The summed E-state index contributed by atoms with van der Waals surface area (Å²) in [5, 5.41) is 14.8. The molecule has 6 nitrogen and oxygen atoms in total. The molecule has 0 saturated heterocycles. The molecule has 0 aliphatic carbocycles. The zero-order chi connectivity index (χ0) is 13.9. The number of amides is 1. The van der Waals surface area contributed by atoms with E-state index in [0.717, 1.165) is 22.9 Å². The summed E-state index contributed by atoms with van der Waals surface area (Å²) in [6, 6.07) is 5.49. The van der Waals surface area contributed by atoms with E-state index in [4.69, 9.17) is 0 Å². The van der Waals surface area contributed by atoms with Crippen molar-refractivity contribution in [3.63, 3.8) is 0 Å². The van der Waals surface area contributed by atoms with Crippen LogP contribution in [0.5, 0.6) is 0 Å². The van der Waals surface area contributed by atoms with E-state index in [1.54, 1.807) is 16.9 Å². The first-order chi connectivity index (χ1) is 9.72. The Bertz CT molecular complexity index is 743. The lowest BCUT2D eigenvalue weighted by Gasteiger charge is -2.04. The molecule has 0 spiro atoms. The minimum Gasteiger partial charge on any atom is -0.352 e. The summed E-state index contributed by atoms with van der Waals surface area (Å²) in [7, 11) is 1.88. The SMILES string of the molecule is Cn1cc(CCNC(=O)c2ccc3cn[nH]c3c2)cn1. The van der Waals surface area contributed by atoms with Crippen LogP contribution in [0.15, 0.2) is 36.8 Å². The van der Waals surface area contributed by atoms with E-state index in [-0.39, 0.29) is 5.91 Å². The van der Waals surface area contributed by atoms with Crippen LogP contribution >= 0.6 is 0 Å². The molecular formula is C14H15N5O. The summed E-state index contributed by atoms with van der Waals surface area (Å²) < 4.78 is 1.75. The van der Waals surface area contributed by atoms with E-state index < -0.39 is 0 Å². The fourth-order valence-electron chi connectivity index (χ4n) is 2.10. The second-order valence-electron chi connectivity index (χ2n) is 4.70. The molecule has 0 aliphatic heterocycles. The fourth-order valence-corrected chi connectivity index (χ4v) is 2.10. The van der Waals surface area contributed by atoms with Gasteiger partial charge < -0.3 is 5.32 Å². The Morgan fingerprint density at radius 2 is 2.30 bits per heavy atom. The van der Waals surface area contributed by atoms with E-state index in [1.165, 1.54) is 0 Å². The summed E-state index contributed by atoms with van der Waals surface area (Å²) in [5.41, 5.74) is 2.61. The van der Waals surface area contributed by atoms with Gasteiger partial charge in [-0.1, -0.05) is 6.07 Å². The van der Waals surface area contributed by atoms with Gasteiger partial charge in [-0.05, 0) is 24.1 Å². The van der Waals surface area contributed by atoms with Gasteiger partial charge in [0.1, 0.15) is 0 Å². The van der Waals surface area contributed by atoms with Gasteiger partial charge >= 0.3 is 0 Å². The maximum absolute atomic E-state index is 12.0. The molecule has 0 atom stereocenters. The van der Waals surface area contributed by atoms with Gasteiger partial charge in [0.2, 0.25) is 0 Å². The van der Waals surface area contributed by atoms with Crippen LogP contribution in [0.1, 0.15) is 15.9 Å². The monoisotopic (exact) mass is 269 g/mol. The average molecular weight is 269 g/mol. The van der Waals surface area contributed by atoms with Crippen LogP contribution in [0, 0.1) is 0 Å². The van der Waals surface area contributed by atoms with E-state index in [0.29, 0.717) is 12.1 Å². The van der Waals surface area contributed by atoms with Crippen molar-refractivity contribution < 1.29 is 4.79 Å². The molecule has 0 bridgehead atoms. The van der Waals surface area contributed by atoms with Crippen LogP contribution in [-0.4, -0.2) is 32.4 Å². The number of aryl methyl sites for hydroxylation is 1. The molecule has 1 aromatic carbocycles. The number of H-pyrrole nitrogens is 1. The van der Waals surface area contributed by atoms with E-state index in [9.17, 15) is 4.79 Å². The number of fused-ring (bicyclic) bond motifs is 1. The molecule has 2 aromatic heterocycles. The van der Waals surface area contributed by atoms with Crippen LogP contribution in [-0.2, 0) is 13.5 Å². The third kappa shape index (κ3) is 2.54. The Kier molecular flexibility index (Phi) is 3.20. The highest BCUT2D eigenvalue weighted by Crippen LogP contribution is 2.12. The van der Waals surface area contributed by atoms with Gasteiger partial charge in [0.15, 0.2) is 0 Å². The van der Waals surface area contributed by atoms with Crippen molar-refractivity contribution in [2.45, 2.75) is 6.42 Å². The maximum atomic E-state index is 12.0. The van der Waals surface area contributed by atoms with Crippen molar-refractivity contribution in [1.29, 1.82) is 0 Å². The number of rotatable bonds is 4. The van der Waals surface area contributed by atoms with Gasteiger partial charge in [0, 0.05) is 30.7 Å². The third-order valence-electron chi connectivity index (χ3n) is 3.16. The Hall–Kier alpha value is -2.63. The van der Waals surface area contributed by atoms with Crippen LogP contribution in [0.25, 0.3) is 10.9 Å². The molecule has 6 heteroatoms. The number of nitrogens with zero attached hydrogens (tertiary/aromatic N) is 3. The zero-order valence-corrected chi connectivity index (χ0v) is 11.1. The van der Waals surface area contributed by atoms with Gasteiger partial charge in [0.05, 0.1) is 17.9 Å². The number of nitrogens with one attached hydrogen (secondary N) is 2. The van der Waals surface area contributed by atoms with Crippen molar-refractivity contribution in [3.8, 4) is 0 Å². The molecule has 0 aliphatic rings. The second kappa shape index (κ2) is 5.16. The fraction of sp³-hybridized carbons (Fsp3) is 0.214. The first-order valence-electron chi connectivity index (χ1n) is 6.41. The molecule has 2 heterocycles. The number of hydrogen-bond donors (Lipinski definition) is 2. The molecule has 3 rings (SSSR count). The van der Waals surface area contributed by atoms with Crippen LogP contribution in [0.4, 0.5) is 0 Å². The van der Waals surface area contributed by atoms with Crippen molar-refractivity contribution in [1.82, 2.24) is 25.3 Å². The lowest BCUT2D eigenvalue weighted by Crippen LogP contribution is -2.25. The molecule has 0 unspecified atom stereocenters. The maximum Gasteiger partial charge on any atom is 0.251 e. The molecule has 102 valence electrons. The highest BCUT2D eigenvalue weighted by atomic mass is 16.1. The summed E-state index contributed by atoms with van der Waals surface area (Å²) in [4.78, 5) is 12.0. The largest absolute Gasteiger partial charge is 0.352 e. The second-order valence-corrected chi connectivity index (χ2v) is 4.70. The van der Waals surface area contributed by atoms with E-state index >= 15 is 0 Å². The highest BCUT2D eigenvalue weighted by Gasteiger charge is 2.07. The van der Waals surface area contributed by atoms with Crippen molar-refractivity contribution in [2.24, 2.45) is 7.05 Å². The minimum atomic E-state index is -0.0783. The van der Waals surface area contributed by atoms with E-state index in [1.807, 2.05) is 31.6 Å². The molecule has 0 radical (unpaired) electrons. The van der Waals surface area contributed by atoms with E-state index in [2.05, 4.69) is 20.6 Å². The lowest BCUT2D eigenvalue weighted by atomic mass is 10.1. The first-order valence-corrected chi connectivity index (χ1v) is 6.41. The predicted octanol–water partition coefficient (Wildman–Crippen LogP) is 1.27. The smallest absolute Gasteiger partial charge is 0.251 e. The molecule has 3 aromatic rings. The third-order valence-corrected chi connectivity index (χ3v) is 3.16. The molecule has 0 fully saturated rings. The van der Waals surface area contributed by atoms with Gasteiger partial charge in [-0.25, -0.2) is 0 Å². The van der Waals surface area contributed by atoms with Gasteiger partial charge in [0.25, 0.3) is 5.91 Å². The number of aromatic nitrogens is 4. The van der Waals surface area contributed by atoms with Gasteiger partial charge in [-0.15, -0.1) is 0 Å². The highest BCUT2D eigenvalue weighted by molar-refractivity contribution is 5.97. The summed E-state index contributed by atoms with van der Waals surface area (Å²) >= 11 is 0. The summed E-state index contributed by atoms with van der Waals surface area (Å²) in [5.74, 6) is -0.0783.